The van der Waals surface area contributed by atoms with Crippen LogP contribution in [0.3, 0.4) is 0 Å². The number of amides is 1. The van der Waals surface area contributed by atoms with E-state index in [4.69, 9.17) is 4.84 Å². The summed E-state index contributed by atoms with van der Waals surface area (Å²) in [4.78, 5) is 19.6. The van der Waals surface area contributed by atoms with Gasteiger partial charge in [-0.1, -0.05) is 35.5 Å². The van der Waals surface area contributed by atoms with Crippen LogP contribution in [0.2, 0.25) is 0 Å². The monoisotopic (exact) mass is 289 g/mol. The van der Waals surface area contributed by atoms with Crippen molar-refractivity contribution in [1.82, 2.24) is 10.2 Å². The maximum absolute atomic E-state index is 12.0. The van der Waals surface area contributed by atoms with Crippen molar-refractivity contribution in [3.8, 4) is 0 Å². The van der Waals surface area contributed by atoms with E-state index >= 15 is 0 Å². The van der Waals surface area contributed by atoms with Crippen molar-refractivity contribution in [2.24, 2.45) is 5.16 Å². The molecule has 1 aromatic carbocycles. The second-order valence-electron chi connectivity index (χ2n) is 5.58. The fourth-order valence-corrected chi connectivity index (χ4v) is 2.06. The Bertz CT molecular complexity index is 500. The minimum absolute atomic E-state index is 0.134. The van der Waals surface area contributed by atoms with Crippen LogP contribution in [0.1, 0.15) is 31.9 Å². The van der Waals surface area contributed by atoms with Crippen molar-refractivity contribution >= 4 is 11.6 Å². The highest BCUT2D eigenvalue weighted by Crippen LogP contribution is 2.26. The van der Waals surface area contributed by atoms with Gasteiger partial charge in [-0.3, -0.25) is 4.79 Å². The number of nitrogens with zero attached hydrogens (tertiary/aromatic N) is 2. The topological polar surface area (TPSA) is 53.9 Å². The van der Waals surface area contributed by atoms with Gasteiger partial charge < -0.3 is 15.1 Å². The van der Waals surface area contributed by atoms with Gasteiger partial charge in [0.1, 0.15) is 5.71 Å². The Morgan fingerprint density at radius 1 is 1.43 bits per heavy atom. The van der Waals surface area contributed by atoms with Crippen LogP contribution in [0.15, 0.2) is 35.5 Å². The van der Waals surface area contributed by atoms with E-state index < -0.39 is 0 Å². The largest absolute Gasteiger partial charge is 0.387 e. The second-order valence-corrected chi connectivity index (χ2v) is 5.58. The molecule has 0 aromatic heterocycles. The molecule has 1 aromatic rings. The summed E-state index contributed by atoms with van der Waals surface area (Å²) in [6, 6.07) is 10.3. The number of oxime groups is 1. The van der Waals surface area contributed by atoms with Crippen molar-refractivity contribution in [3.63, 3.8) is 0 Å². The number of carbonyl (C=O) groups excluding carboxylic acids is 1. The summed E-state index contributed by atoms with van der Waals surface area (Å²) in [5, 5.41) is 6.81. The van der Waals surface area contributed by atoms with Crippen molar-refractivity contribution in [1.29, 1.82) is 0 Å². The first-order valence-corrected chi connectivity index (χ1v) is 7.34. The highest BCUT2D eigenvalue weighted by atomic mass is 16.6. The summed E-state index contributed by atoms with van der Waals surface area (Å²) in [7, 11) is 2.04. The number of benzene rings is 1. The molecule has 0 fully saturated rings. The molecule has 5 heteroatoms. The summed E-state index contributed by atoms with van der Waals surface area (Å²) in [5.41, 5.74) is 1.51. The molecule has 2 rings (SSSR count). The van der Waals surface area contributed by atoms with E-state index in [0.29, 0.717) is 24.7 Å². The van der Waals surface area contributed by atoms with E-state index in [1.165, 1.54) is 0 Å². The standard InChI is InChI=1S/C16H23N3O2/c1-12(2)19(3)10-9-17-16(20)14-11-15(21-18-14)13-7-5-4-6-8-13/h4-8,12,15H,9-11H2,1-3H3,(H,17,20)/t15-/m1/s1. The average molecular weight is 289 g/mol. The molecule has 5 nitrogen and oxygen atoms in total. The Kier molecular flexibility index (Phi) is 5.33. The molecular weight excluding hydrogens is 266 g/mol. The van der Waals surface area contributed by atoms with Crippen LogP contribution in [0.25, 0.3) is 0 Å². The first-order chi connectivity index (χ1) is 10.1. The SMILES string of the molecule is CC(C)N(C)CCNC(=O)C1=NO[C@@H](c2ccccc2)C1. The summed E-state index contributed by atoms with van der Waals surface area (Å²) in [5.74, 6) is -0.134. The van der Waals surface area contributed by atoms with E-state index in [1.807, 2.05) is 37.4 Å². The predicted octanol–water partition coefficient (Wildman–Crippen LogP) is 1.96. The third-order valence-corrected chi connectivity index (χ3v) is 3.73. The number of hydrogen-bond donors (Lipinski definition) is 1. The maximum atomic E-state index is 12.0. The summed E-state index contributed by atoms with van der Waals surface area (Å²) < 4.78 is 0. The zero-order valence-electron chi connectivity index (χ0n) is 12.9. The Morgan fingerprint density at radius 2 is 2.14 bits per heavy atom. The molecule has 114 valence electrons. The van der Waals surface area contributed by atoms with Crippen LogP contribution in [-0.2, 0) is 9.63 Å². The fraction of sp³-hybridized carbons (Fsp3) is 0.500. The van der Waals surface area contributed by atoms with Crippen LogP contribution >= 0.6 is 0 Å². The van der Waals surface area contributed by atoms with E-state index in [2.05, 4.69) is 29.2 Å². The number of carbonyl (C=O) groups is 1. The van der Waals surface area contributed by atoms with E-state index in [1.54, 1.807) is 0 Å². The maximum Gasteiger partial charge on any atom is 0.269 e. The number of likely N-dealkylation sites (N-methyl/N-ethyl adjacent to an activating group) is 1. The predicted molar refractivity (Wildman–Crippen MR) is 83.1 cm³/mol. The minimum atomic E-state index is -0.148. The minimum Gasteiger partial charge on any atom is -0.387 e. The fourth-order valence-electron chi connectivity index (χ4n) is 2.06. The van der Waals surface area contributed by atoms with Gasteiger partial charge in [0.15, 0.2) is 6.10 Å². The van der Waals surface area contributed by atoms with Crippen LogP contribution in [-0.4, -0.2) is 42.7 Å². The molecule has 0 spiro atoms. The molecule has 0 saturated carbocycles. The lowest BCUT2D eigenvalue weighted by atomic mass is 10.0. The lowest BCUT2D eigenvalue weighted by Gasteiger charge is -2.20. The zero-order valence-corrected chi connectivity index (χ0v) is 12.9. The highest BCUT2D eigenvalue weighted by molar-refractivity contribution is 6.39. The molecular formula is C16H23N3O2. The molecule has 1 aliphatic rings. The highest BCUT2D eigenvalue weighted by Gasteiger charge is 2.26. The molecule has 0 unspecified atom stereocenters. The Balaban J connectivity index is 1.77. The molecule has 1 N–H and O–H groups in total. The molecule has 21 heavy (non-hydrogen) atoms. The Labute approximate surface area is 126 Å². The molecule has 1 aliphatic heterocycles. The average Bonchev–Trinajstić information content (AvgIpc) is 2.97. The Morgan fingerprint density at radius 3 is 2.81 bits per heavy atom. The van der Waals surface area contributed by atoms with Gasteiger partial charge in [-0.2, -0.15) is 0 Å². The lowest BCUT2D eigenvalue weighted by Crippen LogP contribution is -2.38. The van der Waals surface area contributed by atoms with Crippen LogP contribution < -0.4 is 5.32 Å². The van der Waals surface area contributed by atoms with Crippen LogP contribution in [0, 0.1) is 0 Å². The van der Waals surface area contributed by atoms with Crippen molar-refractivity contribution in [2.45, 2.75) is 32.4 Å². The van der Waals surface area contributed by atoms with Crippen molar-refractivity contribution in [3.05, 3.63) is 35.9 Å². The van der Waals surface area contributed by atoms with E-state index in [0.717, 1.165) is 12.1 Å². The van der Waals surface area contributed by atoms with Gasteiger partial charge in [0.25, 0.3) is 5.91 Å². The molecule has 0 saturated heterocycles. The van der Waals surface area contributed by atoms with Crippen molar-refractivity contribution in [2.75, 3.05) is 20.1 Å². The smallest absolute Gasteiger partial charge is 0.269 e. The van der Waals surface area contributed by atoms with Crippen molar-refractivity contribution < 1.29 is 9.63 Å². The summed E-state index contributed by atoms with van der Waals surface area (Å²) in [6.07, 6.45) is 0.376. The summed E-state index contributed by atoms with van der Waals surface area (Å²) in [6.45, 7) is 5.69. The number of hydrogen-bond acceptors (Lipinski definition) is 4. The first kappa shape index (κ1) is 15.5. The summed E-state index contributed by atoms with van der Waals surface area (Å²) >= 11 is 0. The van der Waals surface area contributed by atoms with Gasteiger partial charge in [-0.25, -0.2) is 0 Å². The van der Waals surface area contributed by atoms with Crippen LogP contribution in [0.4, 0.5) is 0 Å². The van der Waals surface area contributed by atoms with E-state index in [-0.39, 0.29) is 12.0 Å². The molecule has 1 atom stereocenters. The van der Waals surface area contributed by atoms with Gasteiger partial charge in [0, 0.05) is 25.6 Å². The third kappa shape index (κ3) is 4.29. The Hall–Kier alpha value is -1.88. The third-order valence-electron chi connectivity index (χ3n) is 3.73. The molecule has 1 heterocycles. The van der Waals surface area contributed by atoms with E-state index in [9.17, 15) is 4.79 Å². The quantitative estimate of drug-likeness (QED) is 0.871. The molecule has 0 bridgehead atoms. The van der Waals surface area contributed by atoms with Gasteiger partial charge in [-0.15, -0.1) is 0 Å². The van der Waals surface area contributed by atoms with Gasteiger partial charge in [0.2, 0.25) is 0 Å². The lowest BCUT2D eigenvalue weighted by molar-refractivity contribution is -0.115. The molecule has 0 aliphatic carbocycles. The van der Waals surface area contributed by atoms with Gasteiger partial charge in [0.05, 0.1) is 0 Å². The second kappa shape index (κ2) is 7.22. The normalized spacial score (nSPS) is 17.8. The number of nitrogens with one attached hydrogen (secondary N) is 1. The molecule has 0 radical (unpaired) electrons. The van der Waals surface area contributed by atoms with Gasteiger partial charge >= 0.3 is 0 Å². The molecule has 1 amide bonds. The zero-order chi connectivity index (χ0) is 15.2. The number of rotatable bonds is 6. The first-order valence-electron chi connectivity index (χ1n) is 7.34. The van der Waals surface area contributed by atoms with Crippen LogP contribution in [0.5, 0.6) is 0 Å². The van der Waals surface area contributed by atoms with Gasteiger partial charge in [-0.05, 0) is 26.5 Å².